The summed E-state index contributed by atoms with van der Waals surface area (Å²) in [6, 6.07) is 0. The first-order valence-corrected chi connectivity index (χ1v) is 6.41. The van der Waals surface area contributed by atoms with Crippen LogP contribution in [0.25, 0.3) is 0 Å². The lowest BCUT2D eigenvalue weighted by molar-refractivity contribution is 0.578. The fourth-order valence-corrected chi connectivity index (χ4v) is 2.45. The molecule has 0 nitrogen and oxygen atoms in total. The maximum absolute atomic E-state index is 4.23. The van der Waals surface area contributed by atoms with Gasteiger partial charge in [-0.2, -0.15) is 0 Å². The van der Waals surface area contributed by atoms with E-state index in [9.17, 15) is 0 Å². The molecule has 18 heavy (non-hydrogen) atoms. The second-order valence-corrected chi connectivity index (χ2v) is 5.46. The molecule has 0 fully saturated rings. The van der Waals surface area contributed by atoms with Crippen LogP contribution in [0.3, 0.4) is 0 Å². The number of hydrogen-bond donors (Lipinski definition) is 0. The lowest BCUT2D eigenvalue weighted by Gasteiger charge is -2.23. The van der Waals surface area contributed by atoms with Crippen molar-refractivity contribution < 1.29 is 0 Å². The van der Waals surface area contributed by atoms with Crippen molar-refractivity contribution in [3.63, 3.8) is 0 Å². The van der Waals surface area contributed by atoms with Gasteiger partial charge in [0, 0.05) is 5.41 Å². The van der Waals surface area contributed by atoms with E-state index in [1.807, 2.05) is 19.1 Å². The van der Waals surface area contributed by atoms with Gasteiger partial charge in [0.15, 0.2) is 0 Å². The minimum absolute atomic E-state index is 0.00259. The molecule has 1 aliphatic rings. The van der Waals surface area contributed by atoms with Crippen LogP contribution in [0.15, 0.2) is 71.4 Å². The summed E-state index contributed by atoms with van der Waals surface area (Å²) in [5, 5.41) is 0. The molecule has 0 heteroatoms. The zero-order chi connectivity index (χ0) is 13.9. The summed E-state index contributed by atoms with van der Waals surface area (Å²) in [5.41, 5.74) is 6.17. The van der Waals surface area contributed by atoms with Crippen LogP contribution >= 0.6 is 0 Å². The van der Waals surface area contributed by atoms with Gasteiger partial charge in [-0.25, -0.2) is 0 Å². The minimum atomic E-state index is -0.00259. The second kappa shape index (κ2) is 5.39. The smallest absolute Gasteiger partial charge is 0.0158 e. The van der Waals surface area contributed by atoms with Gasteiger partial charge in [0.05, 0.1) is 0 Å². The molecule has 0 aliphatic heterocycles. The molecule has 0 amide bonds. The molecule has 96 valence electrons. The van der Waals surface area contributed by atoms with E-state index >= 15 is 0 Å². The molecule has 0 heterocycles. The van der Waals surface area contributed by atoms with E-state index < -0.39 is 0 Å². The highest BCUT2D eigenvalue weighted by Gasteiger charge is 2.36. The van der Waals surface area contributed by atoms with E-state index in [0.29, 0.717) is 0 Å². The zero-order valence-electron chi connectivity index (χ0n) is 12.3. The number of allylic oxidation sites excluding steroid dienone is 10. The van der Waals surface area contributed by atoms with Gasteiger partial charge in [-0.1, -0.05) is 63.0 Å². The predicted molar refractivity (Wildman–Crippen MR) is 82.5 cm³/mol. The Morgan fingerprint density at radius 3 is 2.28 bits per heavy atom. The highest BCUT2D eigenvalue weighted by atomic mass is 14.4. The molecule has 0 unspecified atom stereocenters. The van der Waals surface area contributed by atoms with Crippen LogP contribution in [0.5, 0.6) is 0 Å². The molecule has 0 atom stereocenters. The van der Waals surface area contributed by atoms with Crippen LogP contribution in [0, 0.1) is 5.41 Å². The maximum atomic E-state index is 4.23. The predicted octanol–water partition coefficient (Wildman–Crippen LogP) is 5.53. The second-order valence-electron chi connectivity index (χ2n) is 5.46. The fourth-order valence-electron chi connectivity index (χ4n) is 2.45. The lowest BCUT2D eigenvalue weighted by atomic mass is 9.80. The van der Waals surface area contributed by atoms with E-state index in [-0.39, 0.29) is 5.41 Å². The van der Waals surface area contributed by atoms with Crippen molar-refractivity contribution in [3.8, 4) is 0 Å². The Hall–Kier alpha value is -1.56. The molecule has 0 saturated carbocycles. The molecule has 0 N–H and O–H groups in total. The fraction of sp³-hybridized carbons (Fsp3) is 0.333. The van der Waals surface area contributed by atoms with Crippen LogP contribution < -0.4 is 0 Å². The van der Waals surface area contributed by atoms with Crippen molar-refractivity contribution in [2.75, 3.05) is 0 Å². The molecule has 0 aromatic rings. The van der Waals surface area contributed by atoms with Crippen LogP contribution in [0.2, 0.25) is 0 Å². The molecule has 0 saturated heterocycles. The highest BCUT2D eigenvalue weighted by molar-refractivity contribution is 5.67. The van der Waals surface area contributed by atoms with Crippen molar-refractivity contribution in [1.29, 1.82) is 0 Å². The minimum Gasteiger partial charge on any atom is -0.0984 e. The first-order chi connectivity index (χ1) is 8.36. The first kappa shape index (κ1) is 14.5. The molecule has 1 rings (SSSR count). The summed E-state index contributed by atoms with van der Waals surface area (Å²) >= 11 is 0. The maximum Gasteiger partial charge on any atom is 0.0158 e. The summed E-state index contributed by atoms with van der Waals surface area (Å²) in [6.45, 7) is 18.9. The van der Waals surface area contributed by atoms with Gasteiger partial charge in [0.1, 0.15) is 0 Å². The van der Waals surface area contributed by atoms with Gasteiger partial charge >= 0.3 is 0 Å². The Morgan fingerprint density at radius 2 is 1.83 bits per heavy atom. The lowest BCUT2D eigenvalue weighted by Crippen LogP contribution is -2.12. The third kappa shape index (κ3) is 2.48. The Bertz CT molecular complexity index is 484. The summed E-state index contributed by atoms with van der Waals surface area (Å²) in [4.78, 5) is 0. The normalized spacial score (nSPS) is 20.9. The SMILES string of the molecule is C=CC1=C(C=C(C)C)C(C)(C)/C(=C/C=C\C)C1=C. The van der Waals surface area contributed by atoms with Gasteiger partial charge in [0.25, 0.3) is 0 Å². The molecule has 0 spiro atoms. The van der Waals surface area contributed by atoms with Gasteiger partial charge in [-0.15, -0.1) is 0 Å². The van der Waals surface area contributed by atoms with Gasteiger partial charge in [-0.05, 0) is 43.1 Å². The van der Waals surface area contributed by atoms with E-state index in [2.05, 4.69) is 59.1 Å². The van der Waals surface area contributed by atoms with E-state index in [0.717, 1.165) is 5.57 Å². The van der Waals surface area contributed by atoms with E-state index in [1.165, 1.54) is 22.3 Å². The average Bonchev–Trinajstić information content (AvgIpc) is 2.44. The number of rotatable bonds is 3. The first-order valence-electron chi connectivity index (χ1n) is 6.41. The molecular formula is C18H24. The van der Waals surface area contributed by atoms with Crippen molar-refractivity contribution >= 4 is 0 Å². The summed E-state index contributed by atoms with van der Waals surface area (Å²) in [7, 11) is 0. The van der Waals surface area contributed by atoms with Gasteiger partial charge in [-0.3, -0.25) is 0 Å². The Labute approximate surface area is 112 Å². The Morgan fingerprint density at radius 1 is 1.22 bits per heavy atom. The monoisotopic (exact) mass is 240 g/mol. The van der Waals surface area contributed by atoms with Crippen LogP contribution in [0.4, 0.5) is 0 Å². The average molecular weight is 240 g/mol. The third-order valence-corrected chi connectivity index (χ3v) is 3.38. The van der Waals surface area contributed by atoms with Crippen molar-refractivity contribution in [2.24, 2.45) is 5.41 Å². The van der Waals surface area contributed by atoms with Crippen molar-refractivity contribution in [1.82, 2.24) is 0 Å². The third-order valence-electron chi connectivity index (χ3n) is 3.38. The summed E-state index contributed by atoms with van der Waals surface area (Å²) < 4.78 is 0. The van der Waals surface area contributed by atoms with Crippen LogP contribution in [-0.4, -0.2) is 0 Å². The Kier molecular flexibility index (Phi) is 4.34. The van der Waals surface area contributed by atoms with Crippen LogP contribution in [-0.2, 0) is 0 Å². The molecule has 0 radical (unpaired) electrons. The number of hydrogen-bond acceptors (Lipinski definition) is 0. The zero-order valence-corrected chi connectivity index (χ0v) is 12.3. The quantitative estimate of drug-likeness (QED) is 0.608. The topological polar surface area (TPSA) is 0 Å². The molecule has 1 aliphatic carbocycles. The Balaban J connectivity index is 3.47. The van der Waals surface area contributed by atoms with Crippen molar-refractivity contribution in [3.05, 3.63) is 71.4 Å². The largest absolute Gasteiger partial charge is 0.0984 e. The molecular weight excluding hydrogens is 216 g/mol. The molecule has 0 aromatic heterocycles. The standard InChI is InChI=1S/C18H24/c1-8-10-11-16-14(5)15(9-2)17(12-13(3)4)18(16,6)7/h8-12H,2,5H2,1,3-4,6-7H3/b10-8-,16-11+. The van der Waals surface area contributed by atoms with Gasteiger partial charge < -0.3 is 0 Å². The molecule has 0 bridgehead atoms. The van der Waals surface area contributed by atoms with Crippen LogP contribution in [0.1, 0.15) is 34.6 Å². The van der Waals surface area contributed by atoms with E-state index in [4.69, 9.17) is 0 Å². The van der Waals surface area contributed by atoms with Gasteiger partial charge in [0.2, 0.25) is 0 Å². The highest BCUT2D eigenvalue weighted by Crippen LogP contribution is 2.50. The van der Waals surface area contributed by atoms with Crippen molar-refractivity contribution in [2.45, 2.75) is 34.6 Å². The van der Waals surface area contributed by atoms with E-state index in [1.54, 1.807) is 0 Å². The molecule has 0 aromatic carbocycles. The summed E-state index contributed by atoms with van der Waals surface area (Å²) in [6.07, 6.45) is 10.5. The summed E-state index contributed by atoms with van der Waals surface area (Å²) in [5.74, 6) is 0.